The van der Waals surface area contributed by atoms with Gasteiger partial charge < -0.3 is 4.42 Å². The molecule has 0 aliphatic rings. The number of carbonyl (C=O) groups is 1. The zero-order chi connectivity index (χ0) is 23.5. The maximum Gasteiger partial charge on any atom is 0.264 e. The van der Waals surface area contributed by atoms with Crippen LogP contribution < -0.4 is 9.73 Å². The minimum Gasteiger partial charge on any atom is -0.459 e. The molecule has 1 N–H and O–H groups in total. The summed E-state index contributed by atoms with van der Waals surface area (Å²) in [5.41, 5.74) is 3.35. The Bertz CT molecular complexity index is 1230. The first-order valence-corrected chi connectivity index (χ1v) is 12.2. The third kappa shape index (κ3) is 5.92. The van der Waals surface area contributed by atoms with E-state index in [9.17, 15) is 13.2 Å². The number of hydrazone groups is 1. The van der Waals surface area contributed by atoms with E-state index in [0.717, 1.165) is 14.3 Å². The number of sulfonamides is 1. The minimum atomic E-state index is -4.10. The summed E-state index contributed by atoms with van der Waals surface area (Å²) < 4.78 is 33.8. The van der Waals surface area contributed by atoms with Gasteiger partial charge in [0.1, 0.15) is 18.1 Å². The van der Waals surface area contributed by atoms with E-state index in [4.69, 9.17) is 27.6 Å². The Hall–Kier alpha value is -2.33. The number of halogens is 3. The fourth-order valence-corrected chi connectivity index (χ4v) is 4.94. The molecule has 3 aromatic rings. The topological polar surface area (TPSA) is 92.0 Å². The molecule has 0 fully saturated rings. The summed E-state index contributed by atoms with van der Waals surface area (Å²) in [4.78, 5) is 12.6. The van der Waals surface area contributed by atoms with Crippen molar-refractivity contribution in [2.75, 3.05) is 10.8 Å². The molecule has 2 aromatic carbocycles. The first-order chi connectivity index (χ1) is 15.1. The van der Waals surface area contributed by atoms with Gasteiger partial charge in [-0.1, -0.05) is 40.9 Å². The number of carbonyl (C=O) groups excluding carboxylic acids is 1. The van der Waals surface area contributed by atoms with Crippen molar-refractivity contribution in [1.82, 2.24) is 5.43 Å². The van der Waals surface area contributed by atoms with Crippen molar-refractivity contribution in [1.29, 1.82) is 0 Å². The van der Waals surface area contributed by atoms with Gasteiger partial charge >= 0.3 is 0 Å². The van der Waals surface area contributed by atoms with Crippen molar-refractivity contribution in [3.8, 4) is 0 Å². The maximum absolute atomic E-state index is 13.3. The number of benzene rings is 2. The molecule has 1 heterocycles. The zero-order valence-electron chi connectivity index (χ0n) is 17.0. The largest absolute Gasteiger partial charge is 0.459 e. The van der Waals surface area contributed by atoms with Crippen LogP contribution in [-0.2, 0) is 14.8 Å². The van der Waals surface area contributed by atoms with Gasteiger partial charge in [0.05, 0.1) is 21.3 Å². The molecule has 0 bridgehead atoms. The molecule has 0 saturated heterocycles. The molecule has 0 atom stereocenters. The van der Waals surface area contributed by atoms with Crippen LogP contribution in [0.3, 0.4) is 0 Å². The van der Waals surface area contributed by atoms with Crippen LogP contribution in [0.2, 0.25) is 10.0 Å². The van der Waals surface area contributed by atoms with Crippen LogP contribution in [0, 0.1) is 13.8 Å². The highest BCUT2D eigenvalue weighted by atomic mass is 79.9. The van der Waals surface area contributed by atoms with Crippen LogP contribution in [0.5, 0.6) is 0 Å². The molecule has 0 spiro atoms. The van der Waals surface area contributed by atoms with E-state index in [1.165, 1.54) is 36.5 Å². The van der Waals surface area contributed by atoms with Crippen molar-refractivity contribution in [3.63, 3.8) is 0 Å². The van der Waals surface area contributed by atoms with Crippen LogP contribution >= 0.6 is 39.1 Å². The van der Waals surface area contributed by atoms with Crippen LogP contribution in [0.25, 0.3) is 0 Å². The molecule has 1 aromatic heterocycles. The van der Waals surface area contributed by atoms with Gasteiger partial charge in [0.2, 0.25) is 0 Å². The minimum absolute atomic E-state index is 0.0198. The Kier molecular flexibility index (Phi) is 7.66. The molecule has 11 heteroatoms. The van der Waals surface area contributed by atoms with Gasteiger partial charge in [-0.3, -0.25) is 9.10 Å². The van der Waals surface area contributed by atoms with E-state index in [-0.39, 0.29) is 20.6 Å². The lowest BCUT2D eigenvalue weighted by Crippen LogP contribution is -2.39. The molecule has 0 saturated carbocycles. The van der Waals surface area contributed by atoms with Crippen molar-refractivity contribution < 1.29 is 17.6 Å². The summed E-state index contributed by atoms with van der Waals surface area (Å²) in [7, 11) is -4.10. The van der Waals surface area contributed by atoms with Gasteiger partial charge in [-0.2, -0.15) is 5.10 Å². The van der Waals surface area contributed by atoms with Crippen molar-refractivity contribution in [2.24, 2.45) is 5.10 Å². The summed E-state index contributed by atoms with van der Waals surface area (Å²) in [5.74, 6) is 0.404. The Labute approximate surface area is 204 Å². The van der Waals surface area contributed by atoms with Gasteiger partial charge in [0.25, 0.3) is 15.9 Å². The average Bonchev–Trinajstić information content (AvgIpc) is 3.03. The first kappa shape index (κ1) is 24.3. The first-order valence-electron chi connectivity index (χ1n) is 9.19. The number of anilines is 1. The van der Waals surface area contributed by atoms with E-state index >= 15 is 0 Å². The molecule has 0 aliphatic heterocycles. The molecule has 168 valence electrons. The Balaban J connectivity index is 1.88. The summed E-state index contributed by atoms with van der Waals surface area (Å²) in [6.07, 6.45) is 1.31. The second-order valence-corrected chi connectivity index (χ2v) is 10.4. The van der Waals surface area contributed by atoms with Crippen LogP contribution in [-0.4, -0.2) is 27.1 Å². The molecule has 0 unspecified atom stereocenters. The van der Waals surface area contributed by atoms with Crippen LogP contribution in [0.4, 0.5) is 5.69 Å². The highest BCUT2D eigenvalue weighted by Gasteiger charge is 2.27. The molecule has 0 radical (unpaired) electrons. The Morgan fingerprint density at radius 2 is 1.75 bits per heavy atom. The third-order valence-electron chi connectivity index (χ3n) is 4.29. The number of furan rings is 1. The number of aryl methyl sites for hydroxylation is 2. The molecular formula is C21H18BrCl2N3O4S. The van der Waals surface area contributed by atoms with Gasteiger partial charge in [-0.05, 0) is 60.1 Å². The zero-order valence-corrected chi connectivity index (χ0v) is 20.9. The van der Waals surface area contributed by atoms with Gasteiger partial charge in [-0.25, -0.2) is 13.8 Å². The van der Waals surface area contributed by atoms with E-state index in [0.29, 0.717) is 11.5 Å². The van der Waals surface area contributed by atoms with E-state index in [1.807, 2.05) is 6.92 Å². The van der Waals surface area contributed by atoms with Crippen LogP contribution in [0.15, 0.2) is 67.4 Å². The smallest absolute Gasteiger partial charge is 0.264 e. The molecule has 3 rings (SSSR count). The average molecular weight is 559 g/mol. The Morgan fingerprint density at radius 3 is 2.31 bits per heavy atom. The van der Waals surface area contributed by atoms with E-state index in [1.54, 1.807) is 25.1 Å². The number of rotatable bonds is 7. The summed E-state index contributed by atoms with van der Waals surface area (Å²) in [6, 6.07) is 12.3. The van der Waals surface area contributed by atoms with Gasteiger partial charge in [0, 0.05) is 16.1 Å². The molecular weight excluding hydrogens is 541 g/mol. The lowest BCUT2D eigenvalue weighted by Gasteiger charge is -2.24. The second-order valence-electron chi connectivity index (χ2n) is 6.80. The van der Waals surface area contributed by atoms with Crippen LogP contribution in [0.1, 0.15) is 17.1 Å². The second kappa shape index (κ2) is 10.1. The van der Waals surface area contributed by atoms with E-state index in [2.05, 4.69) is 26.5 Å². The quantitative estimate of drug-likeness (QED) is 0.314. The van der Waals surface area contributed by atoms with E-state index < -0.39 is 22.5 Å². The maximum atomic E-state index is 13.3. The SMILES string of the molecule is Cc1ccc(S(=O)(=O)N(CC(=O)N/N=C\c2cc(Br)c(C)o2)c2cc(Cl)cc(Cl)c2)cc1. The number of nitrogens with one attached hydrogen (secondary N) is 1. The summed E-state index contributed by atoms with van der Waals surface area (Å²) >= 11 is 15.5. The Morgan fingerprint density at radius 1 is 1.12 bits per heavy atom. The monoisotopic (exact) mass is 557 g/mol. The number of hydrogen-bond donors (Lipinski definition) is 1. The summed E-state index contributed by atoms with van der Waals surface area (Å²) in [6.45, 7) is 3.06. The molecule has 7 nitrogen and oxygen atoms in total. The number of amides is 1. The predicted octanol–water partition coefficient (Wildman–Crippen LogP) is 5.31. The van der Waals surface area contributed by atoms with Crippen molar-refractivity contribution >= 4 is 67.0 Å². The number of hydrogen-bond acceptors (Lipinski definition) is 5. The lowest BCUT2D eigenvalue weighted by molar-refractivity contribution is -0.119. The standard InChI is InChI=1S/C21H18BrCl2N3O4S/c1-13-3-5-19(6-4-13)32(29,30)27(17-8-15(23)7-16(24)9-17)12-21(28)26-25-11-18-10-20(22)14(2)31-18/h3-11H,12H2,1-2H3,(H,26,28)/b25-11-. The van der Waals surface area contributed by atoms with Crippen molar-refractivity contribution in [3.05, 3.63) is 80.1 Å². The molecule has 0 aliphatic carbocycles. The molecule has 1 amide bonds. The van der Waals surface area contributed by atoms with Gasteiger partial charge in [0.15, 0.2) is 0 Å². The molecule has 32 heavy (non-hydrogen) atoms. The fourth-order valence-electron chi connectivity index (χ4n) is 2.71. The predicted molar refractivity (Wildman–Crippen MR) is 129 cm³/mol. The normalized spacial score (nSPS) is 11.7. The van der Waals surface area contributed by atoms with Crippen molar-refractivity contribution in [2.45, 2.75) is 18.7 Å². The fraction of sp³-hybridized carbons (Fsp3) is 0.143. The number of nitrogens with zero attached hydrogens (tertiary/aromatic N) is 2. The highest BCUT2D eigenvalue weighted by Crippen LogP contribution is 2.29. The lowest BCUT2D eigenvalue weighted by atomic mass is 10.2. The van der Waals surface area contributed by atoms with Gasteiger partial charge in [-0.15, -0.1) is 0 Å². The highest BCUT2D eigenvalue weighted by molar-refractivity contribution is 9.10. The third-order valence-corrected chi connectivity index (χ3v) is 7.30. The summed E-state index contributed by atoms with van der Waals surface area (Å²) in [5, 5.41) is 4.29.